The van der Waals surface area contributed by atoms with Gasteiger partial charge in [0.25, 0.3) is 0 Å². The number of nitrogens with one attached hydrogen (secondary N) is 2. The fourth-order valence-electron chi connectivity index (χ4n) is 3.34. The molecular formula is C20H24N2O4S. The molecule has 2 aromatic rings. The monoisotopic (exact) mass is 388 g/mol. The number of carboxylic acids is 1. The summed E-state index contributed by atoms with van der Waals surface area (Å²) >= 11 is 0. The second-order valence-corrected chi connectivity index (χ2v) is 8.51. The molecular weight excluding hydrogens is 364 g/mol. The molecule has 1 fully saturated rings. The van der Waals surface area contributed by atoms with Crippen LogP contribution < -0.4 is 10.0 Å². The van der Waals surface area contributed by atoms with Gasteiger partial charge in [-0.25, -0.2) is 17.9 Å². The summed E-state index contributed by atoms with van der Waals surface area (Å²) in [6.45, 7) is 0.243. The Morgan fingerprint density at radius 3 is 2.44 bits per heavy atom. The predicted octanol–water partition coefficient (Wildman–Crippen LogP) is 3.26. The normalized spacial score (nSPS) is 15.0. The molecule has 3 N–H and O–H groups in total. The van der Waals surface area contributed by atoms with Crippen molar-refractivity contribution in [3.8, 4) is 0 Å². The minimum absolute atomic E-state index is 0.0117. The Bertz CT molecular complexity index is 891. The molecule has 1 aliphatic carbocycles. The van der Waals surface area contributed by atoms with E-state index in [0.717, 1.165) is 31.2 Å². The molecule has 0 radical (unpaired) electrons. The summed E-state index contributed by atoms with van der Waals surface area (Å²) in [6.07, 6.45) is 4.76. The number of hydrogen-bond donors (Lipinski definition) is 3. The van der Waals surface area contributed by atoms with E-state index < -0.39 is 16.0 Å². The highest BCUT2D eigenvalue weighted by Gasteiger charge is 2.23. The fourth-order valence-corrected chi connectivity index (χ4v) is 4.56. The standard InChI is InChI=1S/C20H24N2O4S/c23-20(24)16-10-11-18(22-17-8-4-5-9-17)19(14-16)27(25,26)21-13-12-15-6-2-1-3-7-15/h1-3,6-7,10-11,14,17,21-22H,4-5,8-9,12-13H2,(H,23,24). The molecule has 7 heteroatoms. The van der Waals surface area contributed by atoms with E-state index in [9.17, 15) is 18.3 Å². The van der Waals surface area contributed by atoms with Crippen molar-refractivity contribution in [1.29, 1.82) is 0 Å². The lowest BCUT2D eigenvalue weighted by atomic mass is 10.2. The van der Waals surface area contributed by atoms with Crippen molar-refractivity contribution in [1.82, 2.24) is 4.72 Å². The van der Waals surface area contributed by atoms with Crippen LogP contribution in [0.3, 0.4) is 0 Å². The van der Waals surface area contributed by atoms with Gasteiger partial charge in [0.15, 0.2) is 0 Å². The van der Waals surface area contributed by atoms with Gasteiger partial charge in [0.1, 0.15) is 4.90 Å². The number of carboxylic acid groups (broad SMARTS) is 1. The van der Waals surface area contributed by atoms with Crippen molar-refractivity contribution in [3.63, 3.8) is 0 Å². The summed E-state index contributed by atoms with van der Waals surface area (Å²) in [5.41, 5.74) is 1.44. The van der Waals surface area contributed by atoms with Crippen molar-refractivity contribution >= 4 is 21.7 Å². The maximum absolute atomic E-state index is 12.8. The Hall–Kier alpha value is -2.38. The van der Waals surface area contributed by atoms with Crippen molar-refractivity contribution in [2.24, 2.45) is 0 Å². The van der Waals surface area contributed by atoms with Crippen molar-refractivity contribution < 1.29 is 18.3 Å². The summed E-state index contributed by atoms with van der Waals surface area (Å²) in [7, 11) is -3.83. The average Bonchev–Trinajstić information content (AvgIpc) is 3.15. The van der Waals surface area contributed by atoms with Gasteiger partial charge in [0, 0.05) is 12.6 Å². The summed E-state index contributed by atoms with van der Waals surface area (Å²) < 4.78 is 28.3. The molecule has 0 unspecified atom stereocenters. The summed E-state index contributed by atoms with van der Waals surface area (Å²) in [6, 6.07) is 14.0. The number of anilines is 1. The minimum Gasteiger partial charge on any atom is -0.478 e. The summed E-state index contributed by atoms with van der Waals surface area (Å²) in [5, 5.41) is 12.5. The van der Waals surface area contributed by atoms with E-state index >= 15 is 0 Å². The maximum Gasteiger partial charge on any atom is 0.335 e. The molecule has 0 amide bonds. The first kappa shape index (κ1) is 19.4. The first-order valence-corrected chi connectivity index (χ1v) is 10.6. The van der Waals surface area contributed by atoms with Gasteiger partial charge < -0.3 is 10.4 Å². The van der Waals surface area contributed by atoms with E-state index in [4.69, 9.17) is 0 Å². The van der Waals surface area contributed by atoms with Crippen molar-refractivity contribution in [2.75, 3.05) is 11.9 Å². The van der Waals surface area contributed by atoms with Gasteiger partial charge in [-0.3, -0.25) is 0 Å². The number of rotatable bonds is 8. The Morgan fingerprint density at radius 2 is 1.78 bits per heavy atom. The smallest absolute Gasteiger partial charge is 0.335 e. The highest BCUT2D eigenvalue weighted by molar-refractivity contribution is 7.89. The molecule has 0 atom stereocenters. The molecule has 0 saturated heterocycles. The molecule has 1 saturated carbocycles. The van der Waals surface area contributed by atoms with Crippen LogP contribution in [0, 0.1) is 0 Å². The lowest BCUT2D eigenvalue weighted by molar-refractivity contribution is 0.0696. The zero-order valence-electron chi connectivity index (χ0n) is 15.0. The molecule has 1 aliphatic rings. The molecule has 3 rings (SSSR count). The molecule has 0 bridgehead atoms. The van der Waals surface area contributed by atoms with Crippen LogP contribution >= 0.6 is 0 Å². The van der Waals surface area contributed by atoms with Gasteiger partial charge in [-0.2, -0.15) is 0 Å². The summed E-state index contributed by atoms with van der Waals surface area (Å²) in [4.78, 5) is 11.3. The van der Waals surface area contributed by atoms with E-state index in [1.54, 1.807) is 6.07 Å². The zero-order valence-corrected chi connectivity index (χ0v) is 15.8. The van der Waals surface area contributed by atoms with Crippen LogP contribution in [0.4, 0.5) is 5.69 Å². The topological polar surface area (TPSA) is 95.5 Å². The number of carbonyl (C=O) groups is 1. The highest BCUT2D eigenvalue weighted by atomic mass is 32.2. The van der Waals surface area contributed by atoms with Crippen LogP contribution in [-0.4, -0.2) is 32.1 Å². The van der Waals surface area contributed by atoms with E-state index in [0.29, 0.717) is 12.1 Å². The van der Waals surface area contributed by atoms with Gasteiger partial charge in [0.05, 0.1) is 11.3 Å². The number of hydrogen-bond acceptors (Lipinski definition) is 4. The third kappa shape index (κ3) is 5.08. The largest absolute Gasteiger partial charge is 0.478 e. The second kappa shape index (κ2) is 8.54. The minimum atomic E-state index is -3.83. The maximum atomic E-state index is 12.8. The lowest BCUT2D eigenvalue weighted by Gasteiger charge is -2.18. The molecule has 2 aromatic carbocycles. The molecule has 144 valence electrons. The highest BCUT2D eigenvalue weighted by Crippen LogP contribution is 2.28. The third-order valence-corrected chi connectivity index (χ3v) is 6.28. The van der Waals surface area contributed by atoms with E-state index in [1.807, 2.05) is 30.3 Å². The molecule has 27 heavy (non-hydrogen) atoms. The zero-order chi connectivity index (χ0) is 19.3. The van der Waals surface area contributed by atoms with Gasteiger partial charge in [-0.15, -0.1) is 0 Å². The lowest BCUT2D eigenvalue weighted by Crippen LogP contribution is -2.28. The Labute approximate surface area is 159 Å². The summed E-state index contributed by atoms with van der Waals surface area (Å²) in [5.74, 6) is -1.15. The predicted molar refractivity (Wildman–Crippen MR) is 105 cm³/mol. The van der Waals surface area contributed by atoms with E-state index in [-0.39, 0.29) is 23.0 Å². The first-order valence-electron chi connectivity index (χ1n) is 9.13. The molecule has 0 aliphatic heterocycles. The van der Waals surface area contributed by atoms with Crippen LogP contribution in [0.2, 0.25) is 0 Å². The number of benzene rings is 2. The quantitative estimate of drug-likeness (QED) is 0.645. The fraction of sp³-hybridized carbons (Fsp3) is 0.350. The van der Waals surface area contributed by atoms with Crippen LogP contribution in [-0.2, 0) is 16.4 Å². The second-order valence-electron chi connectivity index (χ2n) is 6.78. The van der Waals surface area contributed by atoms with Crippen molar-refractivity contribution in [2.45, 2.75) is 43.0 Å². The van der Waals surface area contributed by atoms with Gasteiger partial charge in [-0.1, -0.05) is 43.2 Å². The molecule has 6 nitrogen and oxygen atoms in total. The van der Waals surface area contributed by atoms with Crippen molar-refractivity contribution in [3.05, 3.63) is 59.7 Å². The number of sulfonamides is 1. The molecule has 0 heterocycles. The molecule has 0 spiro atoms. The van der Waals surface area contributed by atoms with Crippen LogP contribution in [0.25, 0.3) is 0 Å². The third-order valence-electron chi connectivity index (χ3n) is 4.78. The van der Waals surface area contributed by atoms with Crippen LogP contribution in [0.5, 0.6) is 0 Å². The average molecular weight is 388 g/mol. The van der Waals surface area contributed by atoms with E-state index in [1.165, 1.54) is 12.1 Å². The Balaban J connectivity index is 1.79. The Kier molecular flexibility index (Phi) is 6.13. The number of aromatic carboxylic acids is 1. The van der Waals surface area contributed by atoms with Gasteiger partial charge in [0.2, 0.25) is 10.0 Å². The first-order chi connectivity index (χ1) is 13.0. The van der Waals surface area contributed by atoms with E-state index in [2.05, 4.69) is 10.0 Å². The Morgan fingerprint density at radius 1 is 1.07 bits per heavy atom. The van der Waals surface area contributed by atoms with Crippen LogP contribution in [0.15, 0.2) is 53.4 Å². The molecule has 0 aromatic heterocycles. The SMILES string of the molecule is O=C(O)c1ccc(NC2CCCC2)c(S(=O)(=O)NCCc2ccccc2)c1. The van der Waals surface area contributed by atoms with Gasteiger partial charge >= 0.3 is 5.97 Å². The van der Waals surface area contributed by atoms with Gasteiger partial charge in [-0.05, 0) is 43.0 Å². The van der Waals surface area contributed by atoms with Crippen LogP contribution in [0.1, 0.15) is 41.6 Å².